The molecule has 0 radical (unpaired) electrons. The Labute approximate surface area is 120 Å². The first-order valence-corrected chi connectivity index (χ1v) is 6.92. The van der Waals surface area contributed by atoms with E-state index in [4.69, 9.17) is 11.6 Å². The topological polar surface area (TPSA) is 12.0 Å². The van der Waals surface area contributed by atoms with Crippen molar-refractivity contribution in [3.63, 3.8) is 0 Å². The zero-order valence-corrected chi connectivity index (χ0v) is 12.7. The van der Waals surface area contributed by atoms with Gasteiger partial charge >= 0.3 is 0 Å². The molecule has 0 bridgehead atoms. The van der Waals surface area contributed by atoms with Gasteiger partial charge in [0.05, 0.1) is 0 Å². The fourth-order valence-electron chi connectivity index (χ4n) is 2.46. The Hall–Kier alpha value is -1.47. The smallest absolute Gasteiger partial charge is 0.0426 e. The highest BCUT2D eigenvalue weighted by Crippen LogP contribution is 2.22. The maximum Gasteiger partial charge on any atom is 0.0426 e. The molecule has 19 heavy (non-hydrogen) atoms. The predicted octanol–water partition coefficient (Wildman–Crippen LogP) is 5.19. The van der Waals surface area contributed by atoms with Crippen molar-refractivity contribution in [2.75, 3.05) is 5.32 Å². The maximum atomic E-state index is 6.04. The van der Waals surface area contributed by atoms with Gasteiger partial charge in [-0.25, -0.2) is 0 Å². The first-order chi connectivity index (χ1) is 8.97. The minimum Gasteiger partial charge on any atom is -0.381 e. The van der Waals surface area contributed by atoms with Gasteiger partial charge in [-0.05, 0) is 62.1 Å². The van der Waals surface area contributed by atoms with E-state index in [0.717, 1.165) is 17.3 Å². The van der Waals surface area contributed by atoms with Crippen LogP contribution in [0.3, 0.4) is 0 Å². The van der Waals surface area contributed by atoms with Gasteiger partial charge in [0.1, 0.15) is 0 Å². The van der Waals surface area contributed by atoms with E-state index >= 15 is 0 Å². The standard InChI is InChI=1S/C17H20ClN/c1-11-7-13(3)16(14(4)8-11)10-19-17-9-15(18)6-5-12(17)2/h5-9,19H,10H2,1-4H3. The highest BCUT2D eigenvalue weighted by Gasteiger charge is 2.05. The molecule has 0 saturated carbocycles. The Morgan fingerprint density at radius 1 is 0.895 bits per heavy atom. The summed E-state index contributed by atoms with van der Waals surface area (Å²) < 4.78 is 0. The molecular weight excluding hydrogens is 254 g/mol. The molecule has 1 N–H and O–H groups in total. The van der Waals surface area contributed by atoms with Gasteiger partial charge in [0, 0.05) is 17.3 Å². The van der Waals surface area contributed by atoms with Gasteiger partial charge in [0.2, 0.25) is 0 Å². The molecule has 0 aromatic heterocycles. The zero-order chi connectivity index (χ0) is 14.0. The second-order valence-corrected chi connectivity index (χ2v) is 5.63. The number of hydrogen-bond acceptors (Lipinski definition) is 1. The number of nitrogens with one attached hydrogen (secondary N) is 1. The lowest BCUT2D eigenvalue weighted by Crippen LogP contribution is -2.05. The van der Waals surface area contributed by atoms with E-state index in [9.17, 15) is 0 Å². The molecule has 1 nitrogen and oxygen atoms in total. The van der Waals surface area contributed by atoms with Gasteiger partial charge < -0.3 is 5.32 Å². The van der Waals surface area contributed by atoms with E-state index in [2.05, 4.69) is 45.1 Å². The molecule has 2 aromatic rings. The second-order valence-electron chi connectivity index (χ2n) is 5.19. The largest absolute Gasteiger partial charge is 0.381 e. The summed E-state index contributed by atoms with van der Waals surface area (Å²) in [5, 5.41) is 4.26. The van der Waals surface area contributed by atoms with Crippen molar-refractivity contribution in [3.8, 4) is 0 Å². The molecule has 2 rings (SSSR count). The molecule has 0 atom stereocenters. The van der Waals surface area contributed by atoms with Crippen LogP contribution in [0.15, 0.2) is 30.3 Å². The fraction of sp³-hybridized carbons (Fsp3) is 0.294. The van der Waals surface area contributed by atoms with Crippen LogP contribution in [0.4, 0.5) is 5.69 Å². The van der Waals surface area contributed by atoms with Crippen molar-refractivity contribution in [1.82, 2.24) is 0 Å². The summed E-state index contributed by atoms with van der Waals surface area (Å²) in [5.74, 6) is 0. The van der Waals surface area contributed by atoms with Crippen molar-refractivity contribution in [3.05, 3.63) is 63.2 Å². The van der Waals surface area contributed by atoms with E-state index in [1.54, 1.807) is 0 Å². The number of aryl methyl sites for hydroxylation is 4. The van der Waals surface area contributed by atoms with Crippen LogP contribution in [-0.2, 0) is 6.54 Å². The normalized spacial score (nSPS) is 10.6. The third-order valence-corrected chi connectivity index (χ3v) is 3.73. The predicted molar refractivity (Wildman–Crippen MR) is 84.2 cm³/mol. The molecule has 2 aromatic carbocycles. The number of benzene rings is 2. The molecule has 0 unspecified atom stereocenters. The van der Waals surface area contributed by atoms with E-state index in [1.807, 2.05) is 18.2 Å². The average Bonchev–Trinajstić information content (AvgIpc) is 2.32. The summed E-state index contributed by atoms with van der Waals surface area (Å²) in [4.78, 5) is 0. The summed E-state index contributed by atoms with van der Waals surface area (Å²) in [5.41, 5.74) is 7.68. The first kappa shape index (κ1) is 14.0. The van der Waals surface area contributed by atoms with Crippen LogP contribution < -0.4 is 5.32 Å². The molecule has 2 heteroatoms. The van der Waals surface area contributed by atoms with Gasteiger partial charge in [0.15, 0.2) is 0 Å². The summed E-state index contributed by atoms with van der Waals surface area (Å²) in [7, 11) is 0. The van der Waals surface area contributed by atoms with Crippen LogP contribution in [0.1, 0.15) is 27.8 Å². The van der Waals surface area contributed by atoms with Gasteiger partial charge in [-0.1, -0.05) is 35.4 Å². The van der Waals surface area contributed by atoms with E-state index in [0.29, 0.717) is 0 Å². The zero-order valence-electron chi connectivity index (χ0n) is 12.0. The van der Waals surface area contributed by atoms with Crippen molar-refractivity contribution >= 4 is 17.3 Å². The third kappa shape index (κ3) is 3.30. The third-order valence-electron chi connectivity index (χ3n) is 3.50. The molecule has 0 heterocycles. The number of rotatable bonds is 3. The van der Waals surface area contributed by atoms with Gasteiger partial charge in [-0.3, -0.25) is 0 Å². The Morgan fingerprint density at radius 2 is 1.53 bits per heavy atom. The lowest BCUT2D eigenvalue weighted by atomic mass is 9.99. The highest BCUT2D eigenvalue weighted by atomic mass is 35.5. The number of hydrogen-bond donors (Lipinski definition) is 1. The van der Waals surface area contributed by atoms with Crippen LogP contribution in [0.5, 0.6) is 0 Å². The van der Waals surface area contributed by atoms with E-state index < -0.39 is 0 Å². The molecule has 0 aliphatic rings. The van der Waals surface area contributed by atoms with Crippen LogP contribution in [0, 0.1) is 27.7 Å². The monoisotopic (exact) mass is 273 g/mol. The summed E-state index contributed by atoms with van der Waals surface area (Å²) in [6.45, 7) is 9.40. The van der Waals surface area contributed by atoms with Crippen molar-refractivity contribution in [2.45, 2.75) is 34.2 Å². The second kappa shape index (κ2) is 5.66. The molecule has 0 amide bonds. The first-order valence-electron chi connectivity index (χ1n) is 6.54. The van der Waals surface area contributed by atoms with E-state index in [1.165, 1.54) is 27.8 Å². The Morgan fingerprint density at radius 3 is 2.16 bits per heavy atom. The van der Waals surface area contributed by atoms with Crippen molar-refractivity contribution < 1.29 is 0 Å². The lowest BCUT2D eigenvalue weighted by Gasteiger charge is -2.14. The minimum atomic E-state index is 0.769. The van der Waals surface area contributed by atoms with Gasteiger partial charge in [0.25, 0.3) is 0 Å². The molecular formula is C17H20ClN. The van der Waals surface area contributed by atoms with Crippen LogP contribution in [0.25, 0.3) is 0 Å². The Balaban J connectivity index is 2.21. The Bertz CT molecular complexity index is 579. The molecule has 0 spiro atoms. The molecule has 0 saturated heterocycles. The summed E-state index contributed by atoms with van der Waals surface area (Å²) in [6, 6.07) is 10.4. The fourth-order valence-corrected chi connectivity index (χ4v) is 2.63. The maximum absolute atomic E-state index is 6.04. The molecule has 100 valence electrons. The number of halogens is 1. The molecule has 0 fully saturated rings. The molecule has 0 aliphatic carbocycles. The lowest BCUT2D eigenvalue weighted by molar-refractivity contribution is 1.08. The van der Waals surface area contributed by atoms with Crippen LogP contribution in [-0.4, -0.2) is 0 Å². The number of anilines is 1. The quantitative estimate of drug-likeness (QED) is 0.812. The van der Waals surface area contributed by atoms with Crippen LogP contribution >= 0.6 is 11.6 Å². The summed E-state index contributed by atoms with van der Waals surface area (Å²) >= 11 is 6.04. The van der Waals surface area contributed by atoms with Crippen molar-refractivity contribution in [2.24, 2.45) is 0 Å². The SMILES string of the molecule is Cc1cc(C)c(CNc2cc(Cl)ccc2C)c(C)c1. The highest BCUT2D eigenvalue weighted by molar-refractivity contribution is 6.30. The van der Waals surface area contributed by atoms with Gasteiger partial charge in [-0.2, -0.15) is 0 Å². The minimum absolute atomic E-state index is 0.769. The van der Waals surface area contributed by atoms with Gasteiger partial charge in [-0.15, -0.1) is 0 Å². The summed E-state index contributed by atoms with van der Waals surface area (Å²) in [6.07, 6.45) is 0. The Kier molecular flexibility index (Phi) is 4.16. The van der Waals surface area contributed by atoms with E-state index in [-0.39, 0.29) is 0 Å². The molecule has 0 aliphatic heterocycles. The van der Waals surface area contributed by atoms with Crippen molar-refractivity contribution in [1.29, 1.82) is 0 Å². The average molecular weight is 274 g/mol. The van der Waals surface area contributed by atoms with Crippen LogP contribution in [0.2, 0.25) is 5.02 Å².